The van der Waals surface area contributed by atoms with E-state index in [0.717, 1.165) is 31.6 Å². The standard InChI is InChI=1S/C26H33ClN4O5S/c1-25(2)11-14-30(15-12-25)20-7-6-18(27)16-21(20)36-26(9-10-26)24(33)29-37(34,35)23-5-3-4-22(28-23)31-13-8-19(32)17-31/h3-7,16,19,32H,8-15,17H2,1-2H3,(H,29,33). The molecule has 37 heavy (non-hydrogen) atoms. The smallest absolute Gasteiger partial charge is 0.281 e. The fourth-order valence-corrected chi connectivity index (χ4v) is 6.00. The van der Waals surface area contributed by atoms with Gasteiger partial charge in [0.2, 0.25) is 0 Å². The molecule has 1 atom stereocenters. The van der Waals surface area contributed by atoms with Crippen LogP contribution in [-0.2, 0) is 14.8 Å². The Labute approximate surface area is 222 Å². The highest BCUT2D eigenvalue weighted by Crippen LogP contribution is 2.45. The predicted molar refractivity (Wildman–Crippen MR) is 142 cm³/mol. The second-order valence-corrected chi connectivity index (χ2v) is 13.1. The van der Waals surface area contributed by atoms with Crippen LogP contribution in [0.5, 0.6) is 5.75 Å². The van der Waals surface area contributed by atoms with Gasteiger partial charge in [-0.15, -0.1) is 0 Å². The molecule has 1 unspecified atom stereocenters. The number of anilines is 2. The van der Waals surface area contributed by atoms with Crippen LogP contribution >= 0.6 is 11.6 Å². The van der Waals surface area contributed by atoms with Crippen molar-refractivity contribution in [1.29, 1.82) is 0 Å². The van der Waals surface area contributed by atoms with Gasteiger partial charge in [-0.1, -0.05) is 31.5 Å². The largest absolute Gasteiger partial charge is 0.475 e. The number of aliphatic hydroxyl groups is 1. The van der Waals surface area contributed by atoms with E-state index in [1.807, 2.05) is 11.0 Å². The van der Waals surface area contributed by atoms with Gasteiger partial charge in [0.1, 0.15) is 11.6 Å². The Kier molecular flexibility index (Phi) is 6.79. The van der Waals surface area contributed by atoms with Crippen LogP contribution in [0.1, 0.15) is 46.0 Å². The molecule has 5 rings (SSSR count). The van der Waals surface area contributed by atoms with Crippen LogP contribution in [0.3, 0.4) is 0 Å². The van der Waals surface area contributed by atoms with Crippen molar-refractivity contribution in [3.05, 3.63) is 41.4 Å². The van der Waals surface area contributed by atoms with Crippen LogP contribution < -0.4 is 19.3 Å². The number of carbonyl (C=O) groups is 1. The number of hydrogen-bond acceptors (Lipinski definition) is 8. The molecule has 1 aromatic heterocycles. The Hall–Kier alpha value is -2.56. The van der Waals surface area contributed by atoms with Crippen LogP contribution in [0.15, 0.2) is 41.4 Å². The maximum Gasteiger partial charge on any atom is 0.281 e. The van der Waals surface area contributed by atoms with E-state index in [1.165, 1.54) is 6.07 Å². The quantitative estimate of drug-likeness (QED) is 0.542. The van der Waals surface area contributed by atoms with Gasteiger partial charge in [-0.25, -0.2) is 9.71 Å². The summed E-state index contributed by atoms with van der Waals surface area (Å²) in [5, 5.41) is 10.0. The number of carbonyl (C=O) groups excluding carboxylic acids is 1. The summed E-state index contributed by atoms with van der Waals surface area (Å²) < 4.78 is 34.6. The first-order valence-electron chi connectivity index (χ1n) is 12.7. The number of halogens is 1. The lowest BCUT2D eigenvalue weighted by Gasteiger charge is -2.39. The maximum atomic E-state index is 13.2. The third-order valence-electron chi connectivity index (χ3n) is 7.50. The number of sulfonamides is 1. The molecule has 0 radical (unpaired) electrons. The van der Waals surface area contributed by atoms with Gasteiger partial charge in [0.05, 0.1) is 11.8 Å². The van der Waals surface area contributed by atoms with Crippen molar-refractivity contribution < 1.29 is 23.1 Å². The highest BCUT2D eigenvalue weighted by molar-refractivity contribution is 7.90. The molecule has 1 aliphatic carbocycles. The third kappa shape index (κ3) is 5.66. The fraction of sp³-hybridized carbons (Fsp3) is 0.538. The molecular weight excluding hydrogens is 516 g/mol. The van der Waals surface area contributed by atoms with Crippen molar-refractivity contribution in [3.63, 3.8) is 0 Å². The Morgan fingerprint density at radius 1 is 1.11 bits per heavy atom. The van der Waals surface area contributed by atoms with E-state index in [9.17, 15) is 18.3 Å². The molecule has 0 spiro atoms. The Morgan fingerprint density at radius 3 is 2.49 bits per heavy atom. The first-order chi connectivity index (χ1) is 17.5. The number of β-amino-alcohol motifs (C(OH)–C–C–N with tert-alkyl or cyclic N) is 1. The molecule has 3 heterocycles. The van der Waals surface area contributed by atoms with E-state index in [-0.39, 0.29) is 10.4 Å². The molecule has 3 aliphatic rings. The average molecular weight is 549 g/mol. The molecular formula is C26H33ClN4O5S. The van der Waals surface area contributed by atoms with E-state index in [1.54, 1.807) is 24.3 Å². The fourth-order valence-electron chi connectivity index (χ4n) is 4.83. The number of nitrogens with one attached hydrogen (secondary N) is 1. The van der Waals surface area contributed by atoms with Crippen molar-refractivity contribution in [2.45, 2.75) is 62.7 Å². The molecule has 9 nitrogen and oxygen atoms in total. The van der Waals surface area contributed by atoms with Crippen molar-refractivity contribution in [1.82, 2.24) is 9.71 Å². The molecule has 2 aliphatic heterocycles. The summed E-state index contributed by atoms with van der Waals surface area (Å²) in [6.07, 6.45) is 2.97. The third-order valence-corrected chi connectivity index (χ3v) is 8.97. The van der Waals surface area contributed by atoms with Gasteiger partial charge >= 0.3 is 0 Å². The summed E-state index contributed by atoms with van der Waals surface area (Å²) in [4.78, 5) is 21.5. The van der Waals surface area contributed by atoms with Crippen molar-refractivity contribution in [3.8, 4) is 5.75 Å². The zero-order valence-electron chi connectivity index (χ0n) is 21.1. The number of rotatable bonds is 7. The van der Waals surface area contributed by atoms with Gasteiger partial charge in [-0.2, -0.15) is 8.42 Å². The number of hydrogen-bond donors (Lipinski definition) is 2. The SMILES string of the molecule is CC1(C)CCN(c2ccc(Cl)cc2OC2(C(=O)NS(=O)(=O)c3cccc(N4CCC(O)C4)n3)CC2)CC1. The van der Waals surface area contributed by atoms with Crippen LogP contribution in [-0.4, -0.2) is 62.3 Å². The monoisotopic (exact) mass is 548 g/mol. The van der Waals surface area contributed by atoms with Crippen LogP contribution in [0.25, 0.3) is 0 Å². The molecule has 0 bridgehead atoms. The zero-order chi connectivity index (χ0) is 26.4. The number of aromatic nitrogens is 1. The number of piperidine rings is 1. The molecule has 2 saturated heterocycles. The normalized spacial score (nSPS) is 22.5. The Balaban J connectivity index is 1.32. The predicted octanol–water partition coefficient (Wildman–Crippen LogP) is 3.35. The van der Waals surface area contributed by atoms with Crippen LogP contribution in [0, 0.1) is 5.41 Å². The maximum absolute atomic E-state index is 13.2. The number of ether oxygens (including phenoxy) is 1. The first kappa shape index (κ1) is 26.1. The minimum atomic E-state index is -4.23. The number of nitrogens with zero attached hydrogens (tertiary/aromatic N) is 3. The van der Waals surface area contributed by atoms with E-state index in [4.69, 9.17) is 16.3 Å². The average Bonchev–Trinajstić information content (AvgIpc) is 3.50. The van der Waals surface area contributed by atoms with E-state index in [2.05, 4.69) is 28.5 Å². The molecule has 1 amide bonds. The summed E-state index contributed by atoms with van der Waals surface area (Å²) in [5.41, 5.74) is -0.155. The van der Waals surface area contributed by atoms with Gasteiger partial charge in [-0.3, -0.25) is 4.79 Å². The number of benzene rings is 1. The highest BCUT2D eigenvalue weighted by Gasteiger charge is 2.54. The van der Waals surface area contributed by atoms with E-state index >= 15 is 0 Å². The van der Waals surface area contributed by atoms with Crippen molar-refractivity contribution in [2.24, 2.45) is 5.41 Å². The molecule has 11 heteroatoms. The van der Waals surface area contributed by atoms with Gasteiger partial charge in [0, 0.05) is 50.1 Å². The van der Waals surface area contributed by atoms with E-state index < -0.39 is 27.6 Å². The lowest BCUT2D eigenvalue weighted by molar-refractivity contribution is -0.127. The van der Waals surface area contributed by atoms with Gasteiger partial charge in [0.15, 0.2) is 10.6 Å². The van der Waals surface area contributed by atoms with Gasteiger partial charge in [0.25, 0.3) is 15.9 Å². The van der Waals surface area contributed by atoms with Gasteiger partial charge in [-0.05, 0) is 48.9 Å². The molecule has 200 valence electrons. The van der Waals surface area contributed by atoms with Crippen LogP contribution in [0.4, 0.5) is 11.5 Å². The van der Waals surface area contributed by atoms with E-state index in [0.29, 0.717) is 48.9 Å². The molecule has 1 saturated carbocycles. The van der Waals surface area contributed by atoms with Gasteiger partial charge < -0.3 is 19.6 Å². The Morgan fingerprint density at radius 2 is 1.84 bits per heavy atom. The summed E-state index contributed by atoms with van der Waals surface area (Å²) in [5.74, 6) is 0.199. The second kappa shape index (κ2) is 9.63. The topological polar surface area (TPSA) is 112 Å². The zero-order valence-corrected chi connectivity index (χ0v) is 22.7. The number of amides is 1. The van der Waals surface area contributed by atoms with Crippen molar-refractivity contribution in [2.75, 3.05) is 36.0 Å². The number of pyridine rings is 1. The molecule has 1 aromatic carbocycles. The summed E-state index contributed by atoms with van der Waals surface area (Å²) in [7, 11) is -4.23. The lowest BCUT2D eigenvalue weighted by Crippen LogP contribution is -2.44. The summed E-state index contributed by atoms with van der Waals surface area (Å²) in [6.45, 7) is 7.19. The summed E-state index contributed by atoms with van der Waals surface area (Å²) >= 11 is 6.27. The lowest BCUT2D eigenvalue weighted by atomic mass is 9.82. The first-order valence-corrected chi connectivity index (χ1v) is 14.5. The highest BCUT2D eigenvalue weighted by atomic mass is 35.5. The Bertz CT molecular complexity index is 1290. The molecule has 2 N–H and O–H groups in total. The summed E-state index contributed by atoms with van der Waals surface area (Å²) in [6, 6.07) is 9.99. The molecule has 3 fully saturated rings. The van der Waals surface area contributed by atoms with Crippen molar-refractivity contribution >= 4 is 39.0 Å². The minimum Gasteiger partial charge on any atom is -0.475 e. The molecule has 2 aromatic rings. The second-order valence-electron chi connectivity index (χ2n) is 11.0. The van der Waals surface area contributed by atoms with Crippen LogP contribution in [0.2, 0.25) is 5.02 Å². The minimum absolute atomic E-state index is 0.255. The number of aliphatic hydroxyl groups excluding tert-OH is 1.